The highest BCUT2D eigenvalue weighted by molar-refractivity contribution is 7.89. The van der Waals surface area contributed by atoms with Crippen molar-refractivity contribution in [3.05, 3.63) is 11.4 Å². The van der Waals surface area contributed by atoms with E-state index in [9.17, 15) is 18.0 Å². The largest absolute Gasteiger partial charge is 0.350 e. The first-order chi connectivity index (χ1) is 15.3. The van der Waals surface area contributed by atoms with Crippen LogP contribution in [0, 0.1) is 19.8 Å². The molecule has 1 atom stereocenters. The number of amides is 2. The lowest BCUT2D eigenvalue weighted by molar-refractivity contribution is -0.138. The molecular weight excluding hydrogens is 444 g/mol. The number of likely N-dealkylation sites (N-methyl/N-ethyl adjacent to an activating group) is 1. The van der Waals surface area contributed by atoms with E-state index < -0.39 is 10.0 Å². The summed E-state index contributed by atoms with van der Waals surface area (Å²) in [5.74, 6) is -0.510. The molecule has 1 aromatic heterocycles. The second-order valence-corrected chi connectivity index (χ2v) is 12.2. The van der Waals surface area contributed by atoms with Gasteiger partial charge in [0.1, 0.15) is 11.4 Å². The van der Waals surface area contributed by atoms with Gasteiger partial charge in [0.2, 0.25) is 21.8 Å². The van der Waals surface area contributed by atoms with Crippen molar-refractivity contribution >= 4 is 21.8 Å². The number of hydrogen-bond donors (Lipinski definition) is 1. The van der Waals surface area contributed by atoms with Gasteiger partial charge in [0.25, 0.3) is 0 Å². The molecule has 0 saturated carbocycles. The molecule has 186 valence electrons. The number of carbonyl (C=O) groups is 2. The summed E-state index contributed by atoms with van der Waals surface area (Å²) in [6, 6.07) is 0. The number of piperidine rings is 1. The summed E-state index contributed by atoms with van der Waals surface area (Å²) in [5, 5.41) is 7.22. The quantitative estimate of drug-likeness (QED) is 0.658. The Labute approximate surface area is 197 Å². The molecule has 1 unspecified atom stereocenters. The minimum atomic E-state index is -3.84. The molecule has 0 aromatic carbocycles. The molecule has 1 aromatic rings. The molecule has 2 fully saturated rings. The van der Waals surface area contributed by atoms with Crippen LogP contribution in [0.5, 0.6) is 0 Å². The minimum Gasteiger partial charge on any atom is -0.350 e. The molecule has 33 heavy (non-hydrogen) atoms. The van der Waals surface area contributed by atoms with Gasteiger partial charge in [0, 0.05) is 44.8 Å². The van der Waals surface area contributed by atoms with Crippen molar-refractivity contribution < 1.29 is 18.0 Å². The number of aryl methyl sites for hydroxylation is 1. The van der Waals surface area contributed by atoms with Crippen LogP contribution in [0.1, 0.15) is 45.0 Å². The molecule has 2 aliphatic rings. The molecule has 3 heterocycles. The molecule has 2 saturated heterocycles. The molecule has 0 bridgehead atoms. The fourth-order valence-corrected chi connectivity index (χ4v) is 6.47. The third-order valence-electron chi connectivity index (χ3n) is 6.27. The van der Waals surface area contributed by atoms with E-state index in [4.69, 9.17) is 0 Å². The Balaban J connectivity index is 1.76. The maximum Gasteiger partial charge on any atom is 0.246 e. The van der Waals surface area contributed by atoms with Crippen molar-refractivity contribution in [2.75, 3.05) is 46.3 Å². The molecular formula is C22H38N6O4S. The van der Waals surface area contributed by atoms with Gasteiger partial charge in [-0.1, -0.05) is 0 Å². The second kappa shape index (κ2) is 9.71. The molecule has 0 radical (unpaired) electrons. The Kier molecular flexibility index (Phi) is 7.55. The van der Waals surface area contributed by atoms with Crippen LogP contribution in [0.3, 0.4) is 0 Å². The van der Waals surface area contributed by atoms with E-state index in [1.54, 1.807) is 13.8 Å². The molecule has 0 aliphatic carbocycles. The summed E-state index contributed by atoms with van der Waals surface area (Å²) in [4.78, 5) is 29.6. The topological polar surface area (TPSA) is 108 Å². The van der Waals surface area contributed by atoms with Crippen LogP contribution in [-0.2, 0) is 26.2 Å². The number of carbonyl (C=O) groups excluding carboxylic acids is 2. The fourth-order valence-electron chi connectivity index (χ4n) is 4.58. The van der Waals surface area contributed by atoms with Crippen molar-refractivity contribution in [2.45, 2.75) is 64.4 Å². The van der Waals surface area contributed by atoms with Crippen LogP contribution in [0.4, 0.5) is 0 Å². The highest BCUT2D eigenvalue weighted by Crippen LogP contribution is 2.29. The van der Waals surface area contributed by atoms with E-state index in [0.29, 0.717) is 43.9 Å². The number of nitrogens with one attached hydrogen (secondary N) is 1. The first kappa shape index (κ1) is 25.6. The molecule has 3 rings (SSSR count). The highest BCUT2D eigenvalue weighted by atomic mass is 32.2. The Bertz CT molecular complexity index is 989. The first-order valence-corrected chi connectivity index (χ1v) is 13.1. The van der Waals surface area contributed by atoms with Gasteiger partial charge in [-0.15, -0.1) is 0 Å². The molecule has 0 spiro atoms. The van der Waals surface area contributed by atoms with E-state index >= 15 is 0 Å². The van der Waals surface area contributed by atoms with Crippen molar-refractivity contribution in [1.29, 1.82) is 0 Å². The summed E-state index contributed by atoms with van der Waals surface area (Å²) in [7, 11) is -1.80. The van der Waals surface area contributed by atoms with E-state index in [-0.39, 0.29) is 41.3 Å². The number of sulfonamides is 1. The lowest BCUT2D eigenvalue weighted by Crippen LogP contribution is -2.52. The summed E-state index contributed by atoms with van der Waals surface area (Å²) < 4.78 is 30.0. The minimum absolute atomic E-state index is 0.0472. The van der Waals surface area contributed by atoms with E-state index in [1.165, 1.54) is 8.99 Å². The maximum absolute atomic E-state index is 13.6. The third-order valence-corrected chi connectivity index (χ3v) is 8.39. The standard InChI is InChI=1S/C22H38N6O4S/c1-16-20(17(2)28(24-16)15-19(29)23-22(3,4)5)33(31,32)27-9-7-8-18(14-27)21(30)26-12-10-25(6)11-13-26/h18H,7-15H2,1-6H3,(H,23,29). The zero-order valence-electron chi connectivity index (χ0n) is 20.7. The predicted octanol–water partition coefficient (Wildman–Crippen LogP) is 0.589. The van der Waals surface area contributed by atoms with Crippen LogP contribution in [0.15, 0.2) is 4.90 Å². The summed E-state index contributed by atoms with van der Waals surface area (Å²) in [6.07, 6.45) is 1.34. The van der Waals surface area contributed by atoms with Gasteiger partial charge in [0.15, 0.2) is 0 Å². The van der Waals surface area contributed by atoms with Crippen LogP contribution < -0.4 is 5.32 Å². The van der Waals surface area contributed by atoms with E-state index in [0.717, 1.165) is 13.1 Å². The number of nitrogens with zero attached hydrogens (tertiary/aromatic N) is 5. The number of piperazine rings is 1. The zero-order chi connectivity index (χ0) is 24.6. The van der Waals surface area contributed by atoms with E-state index in [1.807, 2.05) is 32.7 Å². The van der Waals surface area contributed by atoms with Crippen LogP contribution in [0.2, 0.25) is 0 Å². The van der Waals surface area contributed by atoms with Gasteiger partial charge in [0.05, 0.1) is 17.3 Å². The predicted molar refractivity (Wildman–Crippen MR) is 125 cm³/mol. The summed E-state index contributed by atoms with van der Waals surface area (Å²) in [5.41, 5.74) is 0.411. The molecule has 2 aliphatic heterocycles. The second-order valence-electron chi connectivity index (χ2n) is 10.3. The molecule has 10 nitrogen and oxygen atoms in total. The average molecular weight is 483 g/mol. The van der Waals surface area contributed by atoms with Gasteiger partial charge in [-0.3, -0.25) is 14.3 Å². The molecule has 1 N–H and O–H groups in total. The van der Waals surface area contributed by atoms with Crippen LogP contribution >= 0.6 is 0 Å². The normalized spacial score (nSPS) is 21.3. The van der Waals surface area contributed by atoms with Crippen molar-refractivity contribution in [3.63, 3.8) is 0 Å². The number of aromatic nitrogens is 2. The Hall–Kier alpha value is -1.98. The fraction of sp³-hybridized carbons (Fsp3) is 0.773. The third kappa shape index (κ3) is 5.93. The maximum atomic E-state index is 13.6. The van der Waals surface area contributed by atoms with Crippen molar-refractivity contribution in [2.24, 2.45) is 5.92 Å². The smallest absolute Gasteiger partial charge is 0.246 e. The zero-order valence-corrected chi connectivity index (χ0v) is 21.5. The Morgan fingerprint density at radius 2 is 1.73 bits per heavy atom. The Morgan fingerprint density at radius 3 is 2.33 bits per heavy atom. The van der Waals surface area contributed by atoms with E-state index in [2.05, 4.69) is 15.3 Å². The SMILES string of the molecule is Cc1nn(CC(=O)NC(C)(C)C)c(C)c1S(=O)(=O)N1CCCC(C(=O)N2CCN(C)CC2)C1. The first-order valence-electron chi connectivity index (χ1n) is 11.6. The van der Waals surface area contributed by atoms with Gasteiger partial charge >= 0.3 is 0 Å². The van der Waals surface area contributed by atoms with Gasteiger partial charge in [-0.25, -0.2) is 8.42 Å². The monoisotopic (exact) mass is 482 g/mol. The van der Waals surface area contributed by atoms with Gasteiger partial charge in [-0.2, -0.15) is 9.40 Å². The van der Waals surface area contributed by atoms with Crippen LogP contribution in [0.25, 0.3) is 0 Å². The van der Waals surface area contributed by atoms with Crippen molar-refractivity contribution in [3.8, 4) is 0 Å². The Morgan fingerprint density at radius 1 is 1.09 bits per heavy atom. The van der Waals surface area contributed by atoms with Gasteiger partial charge < -0.3 is 15.1 Å². The lowest BCUT2D eigenvalue weighted by atomic mass is 9.98. The summed E-state index contributed by atoms with van der Waals surface area (Å²) in [6.45, 7) is 12.5. The number of hydrogen-bond acceptors (Lipinski definition) is 6. The molecule has 11 heteroatoms. The highest BCUT2D eigenvalue weighted by Gasteiger charge is 2.38. The number of rotatable bonds is 5. The van der Waals surface area contributed by atoms with Gasteiger partial charge in [-0.05, 0) is 54.5 Å². The average Bonchev–Trinajstić information content (AvgIpc) is 3.00. The summed E-state index contributed by atoms with van der Waals surface area (Å²) >= 11 is 0. The van der Waals surface area contributed by atoms with Crippen LogP contribution in [-0.4, -0.2) is 96.0 Å². The van der Waals surface area contributed by atoms with Crippen molar-refractivity contribution in [1.82, 2.24) is 29.2 Å². The molecule has 2 amide bonds. The lowest BCUT2D eigenvalue weighted by Gasteiger charge is -2.37.